The van der Waals surface area contributed by atoms with Gasteiger partial charge in [0.2, 0.25) is 0 Å². The first-order valence-electron chi connectivity index (χ1n) is 7.63. The van der Waals surface area contributed by atoms with Crippen LogP contribution in [0.3, 0.4) is 0 Å². The number of hydrogen-bond acceptors (Lipinski definition) is 3. The van der Waals surface area contributed by atoms with Gasteiger partial charge in [0.15, 0.2) is 5.82 Å². The van der Waals surface area contributed by atoms with Crippen molar-refractivity contribution in [3.05, 3.63) is 66.2 Å². The third-order valence-electron chi connectivity index (χ3n) is 3.52. The summed E-state index contributed by atoms with van der Waals surface area (Å²) in [6.07, 6.45) is 1.92. The van der Waals surface area contributed by atoms with Gasteiger partial charge in [0, 0.05) is 12.0 Å². The molecule has 0 amide bonds. The Morgan fingerprint density at radius 3 is 2.05 bits per heavy atom. The predicted molar refractivity (Wildman–Crippen MR) is 89.4 cm³/mol. The Morgan fingerprint density at radius 2 is 1.36 bits per heavy atom. The smallest absolute Gasteiger partial charge is 0.163 e. The Kier molecular flexibility index (Phi) is 4.24. The molecule has 0 saturated heterocycles. The summed E-state index contributed by atoms with van der Waals surface area (Å²) < 4.78 is 0. The second-order valence-electron chi connectivity index (χ2n) is 5.32. The van der Waals surface area contributed by atoms with E-state index in [9.17, 15) is 0 Å². The van der Waals surface area contributed by atoms with E-state index in [2.05, 4.69) is 70.4 Å². The van der Waals surface area contributed by atoms with E-state index < -0.39 is 0 Å². The molecule has 0 aliphatic carbocycles. The summed E-state index contributed by atoms with van der Waals surface area (Å²) in [7, 11) is 0. The first-order chi connectivity index (χ1) is 10.8. The summed E-state index contributed by atoms with van der Waals surface area (Å²) in [5.74, 6) is 2.41. The van der Waals surface area contributed by atoms with Gasteiger partial charge in [-0.1, -0.05) is 61.5 Å². The molecule has 0 spiro atoms. The van der Waals surface area contributed by atoms with E-state index in [0.717, 1.165) is 35.9 Å². The number of benzene rings is 2. The van der Waals surface area contributed by atoms with Crippen LogP contribution in [0.25, 0.3) is 22.5 Å². The molecule has 0 saturated carbocycles. The molecule has 3 nitrogen and oxygen atoms in total. The second kappa shape index (κ2) is 6.48. The molecule has 0 N–H and O–H groups in total. The van der Waals surface area contributed by atoms with E-state index in [-0.39, 0.29) is 0 Å². The van der Waals surface area contributed by atoms with Crippen LogP contribution >= 0.6 is 0 Å². The van der Waals surface area contributed by atoms with Gasteiger partial charge in [0.05, 0.1) is 0 Å². The summed E-state index contributed by atoms with van der Waals surface area (Å²) in [6.45, 7) is 4.05. The van der Waals surface area contributed by atoms with Crippen molar-refractivity contribution < 1.29 is 0 Å². The zero-order valence-corrected chi connectivity index (χ0v) is 13.0. The van der Waals surface area contributed by atoms with Crippen LogP contribution in [0.4, 0.5) is 0 Å². The third kappa shape index (κ3) is 3.19. The van der Waals surface area contributed by atoms with Gasteiger partial charge in [-0.25, -0.2) is 15.0 Å². The van der Waals surface area contributed by atoms with Gasteiger partial charge in [-0.05, 0) is 24.5 Å². The molecule has 3 heteroatoms. The van der Waals surface area contributed by atoms with Gasteiger partial charge in [0.25, 0.3) is 0 Å². The Hall–Kier alpha value is -2.55. The van der Waals surface area contributed by atoms with Crippen molar-refractivity contribution in [2.24, 2.45) is 0 Å². The van der Waals surface area contributed by atoms with Crippen LogP contribution in [0.5, 0.6) is 0 Å². The molecule has 0 aliphatic heterocycles. The lowest BCUT2D eigenvalue weighted by Gasteiger charge is -2.06. The lowest BCUT2D eigenvalue weighted by molar-refractivity contribution is 0.803. The van der Waals surface area contributed by atoms with Gasteiger partial charge >= 0.3 is 0 Å². The molecule has 0 aliphatic rings. The van der Waals surface area contributed by atoms with Crippen LogP contribution < -0.4 is 0 Å². The Balaban J connectivity index is 1.93. The first kappa shape index (κ1) is 14.4. The maximum Gasteiger partial charge on any atom is 0.163 e. The van der Waals surface area contributed by atoms with Crippen molar-refractivity contribution in [1.29, 1.82) is 0 Å². The normalized spacial score (nSPS) is 10.6. The van der Waals surface area contributed by atoms with Crippen LogP contribution in [-0.2, 0) is 6.42 Å². The maximum atomic E-state index is 4.57. The molecule has 1 heterocycles. The molecule has 22 heavy (non-hydrogen) atoms. The predicted octanol–water partition coefficient (Wildman–Crippen LogP) is 4.47. The fraction of sp³-hybridized carbons (Fsp3) is 0.211. The molecule has 0 bridgehead atoms. The van der Waals surface area contributed by atoms with Crippen LogP contribution in [0.2, 0.25) is 0 Å². The topological polar surface area (TPSA) is 38.7 Å². The van der Waals surface area contributed by atoms with Crippen molar-refractivity contribution >= 4 is 0 Å². The van der Waals surface area contributed by atoms with Crippen LogP contribution in [0, 0.1) is 6.92 Å². The highest BCUT2D eigenvalue weighted by atomic mass is 15.0. The maximum absolute atomic E-state index is 4.57. The minimum absolute atomic E-state index is 0.760. The molecule has 3 rings (SSSR count). The average molecular weight is 289 g/mol. The van der Waals surface area contributed by atoms with E-state index in [0.29, 0.717) is 0 Å². The molecule has 0 atom stereocenters. The molecule has 1 aromatic heterocycles. The van der Waals surface area contributed by atoms with E-state index in [4.69, 9.17) is 0 Å². The number of aromatic nitrogens is 3. The number of rotatable bonds is 4. The number of nitrogens with zero attached hydrogens (tertiary/aromatic N) is 3. The Bertz CT molecular complexity index is 749. The highest BCUT2D eigenvalue weighted by Gasteiger charge is 2.06. The Labute approximate surface area is 131 Å². The second-order valence-corrected chi connectivity index (χ2v) is 5.32. The van der Waals surface area contributed by atoms with Crippen molar-refractivity contribution in [3.63, 3.8) is 0 Å². The van der Waals surface area contributed by atoms with E-state index in [1.807, 2.05) is 13.0 Å². The third-order valence-corrected chi connectivity index (χ3v) is 3.52. The average Bonchev–Trinajstić information content (AvgIpc) is 2.56. The lowest BCUT2D eigenvalue weighted by atomic mass is 10.0. The number of aryl methyl sites for hydroxylation is 2. The molecular formula is C19H19N3. The van der Waals surface area contributed by atoms with E-state index in [1.54, 1.807) is 0 Å². The molecule has 0 unspecified atom stereocenters. The minimum Gasteiger partial charge on any atom is -0.218 e. The van der Waals surface area contributed by atoms with Crippen molar-refractivity contribution in [3.8, 4) is 22.5 Å². The van der Waals surface area contributed by atoms with E-state index >= 15 is 0 Å². The van der Waals surface area contributed by atoms with Gasteiger partial charge in [-0.2, -0.15) is 0 Å². The van der Waals surface area contributed by atoms with Gasteiger partial charge < -0.3 is 0 Å². The molecule has 0 fully saturated rings. The summed E-state index contributed by atoms with van der Waals surface area (Å²) >= 11 is 0. The molecule has 0 radical (unpaired) electrons. The minimum atomic E-state index is 0.760. The van der Waals surface area contributed by atoms with Gasteiger partial charge in [-0.15, -0.1) is 0 Å². The summed E-state index contributed by atoms with van der Waals surface area (Å²) in [5.41, 5.74) is 3.44. The molecule has 3 aromatic rings. The fourth-order valence-electron chi connectivity index (χ4n) is 2.44. The molecule has 2 aromatic carbocycles. The fourth-order valence-corrected chi connectivity index (χ4v) is 2.44. The monoisotopic (exact) mass is 289 g/mol. The zero-order chi connectivity index (χ0) is 15.4. The standard InChI is InChI=1S/C19H19N3/c1-3-7-18-20-14(2)21-19(22-18)17-12-10-16(11-13-17)15-8-5-4-6-9-15/h4-6,8-13H,3,7H2,1-2H3. The largest absolute Gasteiger partial charge is 0.218 e. The summed E-state index contributed by atoms with van der Waals surface area (Å²) in [6, 6.07) is 18.7. The van der Waals surface area contributed by atoms with Crippen LogP contribution in [-0.4, -0.2) is 15.0 Å². The summed E-state index contributed by atoms with van der Waals surface area (Å²) in [5, 5.41) is 0. The SMILES string of the molecule is CCCc1nc(C)nc(-c2ccc(-c3ccccc3)cc2)n1. The van der Waals surface area contributed by atoms with Crippen molar-refractivity contribution in [2.75, 3.05) is 0 Å². The Morgan fingerprint density at radius 1 is 0.727 bits per heavy atom. The van der Waals surface area contributed by atoms with Gasteiger partial charge in [-0.3, -0.25) is 0 Å². The molecule has 110 valence electrons. The first-order valence-corrected chi connectivity index (χ1v) is 7.63. The number of hydrogen-bond donors (Lipinski definition) is 0. The highest BCUT2D eigenvalue weighted by Crippen LogP contribution is 2.23. The quantitative estimate of drug-likeness (QED) is 0.711. The zero-order valence-electron chi connectivity index (χ0n) is 13.0. The van der Waals surface area contributed by atoms with Crippen molar-refractivity contribution in [1.82, 2.24) is 15.0 Å². The van der Waals surface area contributed by atoms with Crippen molar-refractivity contribution in [2.45, 2.75) is 26.7 Å². The summed E-state index contributed by atoms with van der Waals surface area (Å²) in [4.78, 5) is 13.4. The van der Waals surface area contributed by atoms with Crippen LogP contribution in [0.1, 0.15) is 25.0 Å². The highest BCUT2D eigenvalue weighted by molar-refractivity contribution is 5.67. The van der Waals surface area contributed by atoms with E-state index in [1.165, 1.54) is 11.1 Å². The van der Waals surface area contributed by atoms with Gasteiger partial charge in [0.1, 0.15) is 11.6 Å². The lowest BCUT2D eigenvalue weighted by Crippen LogP contribution is -2.02. The van der Waals surface area contributed by atoms with Crippen LogP contribution in [0.15, 0.2) is 54.6 Å². The molecular weight excluding hydrogens is 270 g/mol.